The summed E-state index contributed by atoms with van der Waals surface area (Å²) < 4.78 is 12.7. The van der Waals surface area contributed by atoms with E-state index in [2.05, 4.69) is 5.32 Å². The van der Waals surface area contributed by atoms with Crippen molar-refractivity contribution in [3.8, 4) is 0 Å². The number of anilines is 1. The van der Waals surface area contributed by atoms with Crippen molar-refractivity contribution < 1.29 is 9.18 Å². The maximum atomic E-state index is 12.7. The van der Waals surface area contributed by atoms with Crippen molar-refractivity contribution in [2.45, 2.75) is 6.42 Å². The Labute approximate surface area is 86.0 Å². The van der Waals surface area contributed by atoms with Crippen LogP contribution in [-0.2, 0) is 4.79 Å². The van der Waals surface area contributed by atoms with E-state index in [1.807, 2.05) is 0 Å². The first-order valence-corrected chi connectivity index (χ1v) is 4.46. The van der Waals surface area contributed by atoms with Gasteiger partial charge in [-0.3, -0.25) is 4.79 Å². The molecule has 0 spiro atoms. The number of halogens is 2. The van der Waals surface area contributed by atoms with E-state index in [1.165, 1.54) is 12.1 Å². The molecule has 0 aliphatic heterocycles. The number of hydrogen-bond acceptors (Lipinski definition) is 2. The Hall–Kier alpha value is -1.13. The molecule has 0 radical (unpaired) electrons. The number of nitrogens with one attached hydrogen (secondary N) is 1. The molecule has 1 amide bonds. The summed E-state index contributed by atoms with van der Waals surface area (Å²) in [5, 5.41) is 2.76. The predicted octanol–water partition coefficient (Wildman–Crippen LogP) is 1.77. The average Bonchev–Trinajstić information content (AvgIpc) is 2.12. The van der Waals surface area contributed by atoms with Crippen LogP contribution < -0.4 is 11.1 Å². The molecular weight excluding hydrogens is 207 g/mol. The summed E-state index contributed by atoms with van der Waals surface area (Å²) in [7, 11) is 0. The Morgan fingerprint density at radius 1 is 1.57 bits per heavy atom. The lowest BCUT2D eigenvalue weighted by Crippen LogP contribution is -2.16. The molecule has 1 rings (SSSR count). The van der Waals surface area contributed by atoms with Crippen molar-refractivity contribution >= 4 is 23.2 Å². The Bertz CT molecular complexity index is 344. The average molecular weight is 217 g/mol. The summed E-state index contributed by atoms with van der Waals surface area (Å²) in [6, 6.07) is 3.77. The quantitative estimate of drug-likeness (QED) is 0.809. The summed E-state index contributed by atoms with van der Waals surface area (Å²) in [6.45, 7) is 0.249. The number of nitrogens with two attached hydrogens (primary N) is 1. The van der Waals surface area contributed by atoms with Gasteiger partial charge in [0.15, 0.2) is 0 Å². The van der Waals surface area contributed by atoms with Crippen LogP contribution in [0.25, 0.3) is 0 Å². The molecule has 0 aromatic heterocycles. The first-order valence-electron chi connectivity index (χ1n) is 4.08. The molecule has 0 unspecified atom stereocenters. The summed E-state index contributed by atoms with van der Waals surface area (Å²) in [5.41, 5.74) is 5.45. The number of rotatable bonds is 3. The standard InChI is InChI=1S/C9H10ClFN2O/c10-7-2-1-6(11)5-8(7)13-9(14)3-4-12/h1-2,5H,3-4,12H2,(H,13,14). The van der Waals surface area contributed by atoms with Gasteiger partial charge in [-0.05, 0) is 18.2 Å². The minimum absolute atomic E-state index is 0.187. The fourth-order valence-corrected chi connectivity index (χ4v) is 1.10. The molecule has 14 heavy (non-hydrogen) atoms. The van der Waals surface area contributed by atoms with E-state index in [-0.39, 0.29) is 24.6 Å². The molecule has 1 aromatic rings. The van der Waals surface area contributed by atoms with Gasteiger partial charge >= 0.3 is 0 Å². The Morgan fingerprint density at radius 3 is 2.93 bits per heavy atom. The molecule has 3 nitrogen and oxygen atoms in total. The third-order valence-corrected chi connectivity index (χ3v) is 1.90. The predicted molar refractivity (Wildman–Crippen MR) is 53.7 cm³/mol. The Balaban J connectivity index is 2.75. The van der Waals surface area contributed by atoms with Crippen molar-refractivity contribution in [3.63, 3.8) is 0 Å². The van der Waals surface area contributed by atoms with Crippen LogP contribution in [0.2, 0.25) is 5.02 Å². The molecule has 0 saturated carbocycles. The maximum absolute atomic E-state index is 12.7. The molecule has 0 saturated heterocycles. The van der Waals surface area contributed by atoms with Crippen molar-refractivity contribution in [3.05, 3.63) is 29.0 Å². The fourth-order valence-electron chi connectivity index (χ4n) is 0.937. The smallest absolute Gasteiger partial charge is 0.225 e. The van der Waals surface area contributed by atoms with E-state index < -0.39 is 5.82 Å². The monoisotopic (exact) mass is 216 g/mol. The lowest BCUT2D eigenvalue weighted by atomic mass is 10.3. The third kappa shape index (κ3) is 2.97. The summed E-state index contributed by atoms with van der Waals surface area (Å²) in [5.74, 6) is -0.725. The molecule has 0 atom stereocenters. The zero-order chi connectivity index (χ0) is 10.6. The molecule has 5 heteroatoms. The van der Waals surface area contributed by atoms with Crippen LogP contribution >= 0.6 is 11.6 Å². The maximum Gasteiger partial charge on any atom is 0.225 e. The van der Waals surface area contributed by atoms with Gasteiger partial charge in [-0.1, -0.05) is 11.6 Å². The second kappa shape index (κ2) is 4.93. The first-order chi connectivity index (χ1) is 6.63. The molecule has 76 valence electrons. The largest absolute Gasteiger partial charge is 0.330 e. The van der Waals surface area contributed by atoms with Crippen LogP contribution in [0, 0.1) is 5.82 Å². The lowest BCUT2D eigenvalue weighted by molar-refractivity contribution is -0.116. The minimum Gasteiger partial charge on any atom is -0.330 e. The highest BCUT2D eigenvalue weighted by Crippen LogP contribution is 2.22. The van der Waals surface area contributed by atoms with E-state index in [0.717, 1.165) is 6.07 Å². The number of amides is 1. The summed E-state index contributed by atoms with van der Waals surface area (Å²) >= 11 is 5.73. The SMILES string of the molecule is NCCC(=O)Nc1cc(F)ccc1Cl. The molecule has 0 aliphatic rings. The van der Waals surface area contributed by atoms with E-state index in [1.54, 1.807) is 0 Å². The van der Waals surface area contributed by atoms with Crippen LogP contribution in [-0.4, -0.2) is 12.5 Å². The number of hydrogen-bond donors (Lipinski definition) is 2. The van der Waals surface area contributed by atoms with E-state index in [4.69, 9.17) is 17.3 Å². The topological polar surface area (TPSA) is 55.1 Å². The molecule has 0 heterocycles. The fraction of sp³-hybridized carbons (Fsp3) is 0.222. The van der Waals surface area contributed by atoms with Gasteiger partial charge in [0.1, 0.15) is 5.82 Å². The van der Waals surface area contributed by atoms with E-state index in [9.17, 15) is 9.18 Å². The van der Waals surface area contributed by atoms with Gasteiger partial charge in [-0.2, -0.15) is 0 Å². The van der Waals surface area contributed by atoms with Gasteiger partial charge < -0.3 is 11.1 Å². The van der Waals surface area contributed by atoms with Crippen LogP contribution in [0.4, 0.5) is 10.1 Å². The van der Waals surface area contributed by atoms with Gasteiger partial charge in [0.05, 0.1) is 10.7 Å². The van der Waals surface area contributed by atoms with Crippen LogP contribution in [0.1, 0.15) is 6.42 Å². The highest BCUT2D eigenvalue weighted by Gasteiger charge is 2.05. The minimum atomic E-state index is -0.447. The number of benzene rings is 1. The summed E-state index contributed by atoms with van der Waals surface area (Å²) in [4.78, 5) is 11.1. The van der Waals surface area contributed by atoms with Gasteiger partial charge in [0.25, 0.3) is 0 Å². The van der Waals surface area contributed by atoms with Crippen LogP contribution in [0.15, 0.2) is 18.2 Å². The molecular formula is C9H10ClFN2O. The number of carbonyl (C=O) groups is 1. The second-order valence-electron chi connectivity index (χ2n) is 2.71. The third-order valence-electron chi connectivity index (χ3n) is 1.57. The van der Waals surface area contributed by atoms with Crippen molar-refractivity contribution in [2.75, 3.05) is 11.9 Å². The van der Waals surface area contributed by atoms with Crippen molar-refractivity contribution in [1.29, 1.82) is 0 Å². The molecule has 0 fully saturated rings. The van der Waals surface area contributed by atoms with Gasteiger partial charge in [-0.25, -0.2) is 4.39 Å². The molecule has 0 bridgehead atoms. The highest BCUT2D eigenvalue weighted by molar-refractivity contribution is 6.33. The normalized spacial score (nSPS) is 9.93. The molecule has 0 aliphatic carbocycles. The zero-order valence-electron chi connectivity index (χ0n) is 7.39. The van der Waals surface area contributed by atoms with Gasteiger partial charge in [0, 0.05) is 13.0 Å². The molecule has 3 N–H and O–H groups in total. The zero-order valence-corrected chi connectivity index (χ0v) is 8.14. The van der Waals surface area contributed by atoms with Crippen molar-refractivity contribution in [1.82, 2.24) is 0 Å². The lowest BCUT2D eigenvalue weighted by Gasteiger charge is -2.05. The Kier molecular flexibility index (Phi) is 3.85. The highest BCUT2D eigenvalue weighted by atomic mass is 35.5. The molecule has 1 aromatic carbocycles. The van der Waals surface area contributed by atoms with Gasteiger partial charge in [0.2, 0.25) is 5.91 Å². The van der Waals surface area contributed by atoms with E-state index >= 15 is 0 Å². The summed E-state index contributed by atoms with van der Waals surface area (Å²) in [6.07, 6.45) is 0.187. The number of carbonyl (C=O) groups excluding carboxylic acids is 1. The van der Waals surface area contributed by atoms with Gasteiger partial charge in [-0.15, -0.1) is 0 Å². The van der Waals surface area contributed by atoms with E-state index in [0.29, 0.717) is 5.02 Å². The van der Waals surface area contributed by atoms with Crippen LogP contribution in [0.5, 0.6) is 0 Å². The Morgan fingerprint density at radius 2 is 2.29 bits per heavy atom. The first kappa shape index (κ1) is 10.9. The van der Waals surface area contributed by atoms with Crippen molar-refractivity contribution in [2.24, 2.45) is 5.73 Å². The second-order valence-corrected chi connectivity index (χ2v) is 3.12. The van der Waals surface area contributed by atoms with Crippen LogP contribution in [0.3, 0.4) is 0 Å².